The van der Waals surface area contributed by atoms with Gasteiger partial charge in [0, 0.05) is 19.1 Å². The number of hydrogen-bond acceptors (Lipinski definition) is 3. The van der Waals surface area contributed by atoms with Gasteiger partial charge in [-0.3, -0.25) is 0 Å². The average Bonchev–Trinajstić information content (AvgIpc) is 2.67. The minimum Gasteiger partial charge on any atom is -0.444 e. The van der Waals surface area contributed by atoms with Crippen LogP contribution in [-0.4, -0.2) is 35.7 Å². The maximum absolute atomic E-state index is 13.7. The smallest absolute Gasteiger partial charge is 0.410 e. The second kappa shape index (κ2) is 7.15. The predicted molar refractivity (Wildman–Crippen MR) is 85.4 cm³/mol. The maximum Gasteiger partial charge on any atom is 0.410 e. The van der Waals surface area contributed by atoms with Crippen molar-refractivity contribution in [3.05, 3.63) is 29.8 Å². The fraction of sp³-hybridized carbons (Fsp3) is 0.588. The molecule has 0 saturated carbocycles. The first kappa shape index (κ1) is 17.5. The van der Waals surface area contributed by atoms with E-state index in [0.717, 1.165) is 12.8 Å². The Labute approximate surface area is 135 Å². The van der Waals surface area contributed by atoms with Gasteiger partial charge < -0.3 is 15.0 Å². The van der Waals surface area contributed by atoms with Crippen molar-refractivity contribution in [2.45, 2.75) is 51.7 Å². The van der Waals surface area contributed by atoms with Gasteiger partial charge in [0.1, 0.15) is 22.9 Å². The molecule has 0 spiro atoms. The molecule has 0 aliphatic carbocycles. The molecule has 1 atom stereocenters. The Morgan fingerprint density at radius 2 is 1.87 bits per heavy atom. The molecule has 1 amide bonds. The highest BCUT2D eigenvalue weighted by Gasteiger charge is 2.25. The molecule has 2 rings (SSSR count). The Kier molecular flexibility index (Phi) is 5.44. The third kappa shape index (κ3) is 5.08. The number of nitrogens with zero attached hydrogens (tertiary/aromatic N) is 1. The van der Waals surface area contributed by atoms with Gasteiger partial charge in [0.05, 0.1) is 0 Å². The molecule has 1 aromatic rings. The van der Waals surface area contributed by atoms with Gasteiger partial charge in [-0.2, -0.15) is 0 Å². The van der Waals surface area contributed by atoms with E-state index in [0.29, 0.717) is 19.5 Å². The van der Waals surface area contributed by atoms with Gasteiger partial charge in [0.25, 0.3) is 0 Å². The highest BCUT2D eigenvalue weighted by molar-refractivity contribution is 5.68. The molecule has 6 heteroatoms. The van der Waals surface area contributed by atoms with E-state index in [4.69, 9.17) is 4.74 Å². The lowest BCUT2D eigenvalue weighted by Gasteiger charge is -2.26. The first-order valence-electron chi connectivity index (χ1n) is 7.95. The van der Waals surface area contributed by atoms with Crippen molar-refractivity contribution in [2.75, 3.05) is 18.4 Å². The topological polar surface area (TPSA) is 41.6 Å². The molecule has 23 heavy (non-hydrogen) atoms. The van der Waals surface area contributed by atoms with Gasteiger partial charge in [0.15, 0.2) is 0 Å². The van der Waals surface area contributed by atoms with Crippen LogP contribution in [0.1, 0.15) is 40.0 Å². The molecule has 1 fully saturated rings. The molecule has 128 valence electrons. The summed E-state index contributed by atoms with van der Waals surface area (Å²) >= 11 is 0. The van der Waals surface area contributed by atoms with Crippen LogP contribution in [-0.2, 0) is 4.74 Å². The summed E-state index contributed by atoms with van der Waals surface area (Å²) in [5, 5.41) is 2.94. The largest absolute Gasteiger partial charge is 0.444 e. The minimum atomic E-state index is -0.599. The number of anilines is 1. The molecule has 1 aromatic carbocycles. The summed E-state index contributed by atoms with van der Waals surface area (Å²) in [6.07, 6.45) is 1.78. The van der Waals surface area contributed by atoms with Crippen LogP contribution in [0.4, 0.5) is 19.3 Å². The Morgan fingerprint density at radius 1 is 1.22 bits per heavy atom. The molecule has 1 heterocycles. The van der Waals surface area contributed by atoms with Crippen molar-refractivity contribution >= 4 is 11.8 Å². The van der Waals surface area contributed by atoms with E-state index in [9.17, 15) is 13.6 Å². The van der Waals surface area contributed by atoms with E-state index < -0.39 is 17.2 Å². The van der Waals surface area contributed by atoms with Gasteiger partial charge in [0.2, 0.25) is 0 Å². The summed E-state index contributed by atoms with van der Waals surface area (Å²) in [5.74, 6) is -1.20. The Morgan fingerprint density at radius 3 is 2.48 bits per heavy atom. The van der Waals surface area contributed by atoms with Crippen LogP contribution in [0, 0.1) is 11.6 Å². The summed E-state index contributed by atoms with van der Waals surface area (Å²) in [7, 11) is 0. The minimum absolute atomic E-state index is 0.0752. The Hall–Kier alpha value is -1.85. The molecular formula is C17H24F2N2O2. The summed E-state index contributed by atoms with van der Waals surface area (Å²) in [6, 6.07) is 3.73. The number of likely N-dealkylation sites (tertiary alicyclic amines) is 1. The van der Waals surface area contributed by atoms with Gasteiger partial charge >= 0.3 is 6.09 Å². The molecule has 1 saturated heterocycles. The number of amides is 1. The lowest BCUT2D eigenvalue weighted by Crippen LogP contribution is -2.37. The molecule has 0 aromatic heterocycles. The summed E-state index contributed by atoms with van der Waals surface area (Å²) in [5.41, 5.74) is -0.625. The fourth-order valence-corrected chi connectivity index (χ4v) is 2.59. The molecule has 1 aliphatic heterocycles. The average molecular weight is 326 g/mol. The van der Waals surface area contributed by atoms with E-state index in [2.05, 4.69) is 5.32 Å². The van der Waals surface area contributed by atoms with Crippen LogP contribution in [0.15, 0.2) is 18.2 Å². The van der Waals surface area contributed by atoms with E-state index in [-0.39, 0.29) is 17.8 Å². The zero-order valence-electron chi connectivity index (χ0n) is 13.9. The van der Waals surface area contributed by atoms with E-state index in [1.54, 1.807) is 4.90 Å². The van der Waals surface area contributed by atoms with Gasteiger partial charge in [-0.05, 0) is 52.2 Å². The molecule has 0 bridgehead atoms. The van der Waals surface area contributed by atoms with Crippen molar-refractivity contribution in [2.24, 2.45) is 0 Å². The van der Waals surface area contributed by atoms with Gasteiger partial charge in [-0.15, -0.1) is 0 Å². The predicted octanol–water partition coefficient (Wildman–Crippen LogP) is 4.17. The third-order valence-electron chi connectivity index (χ3n) is 3.69. The zero-order valence-corrected chi connectivity index (χ0v) is 13.9. The SMILES string of the molecule is CC(C)(C)OC(=O)N1CCCC(Nc2c(F)cccc2F)CC1. The standard InChI is InChI=1S/C17H24F2N2O2/c1-17(2,3)23-16(22)21-10-5-6-12(9-11-21)20-15-13(18)7-4-8-14(15)19/h4,7-8,12,20H,5-6,9-11H2,1-3H3. The highest BCUT2D eigenvalue weighted by Crippen LogP contribution is 2.23. The van der Waals surface area contributed by atoms with Crippen LogP contribution in [0.5, 0.6) is 0 Å². The van der Waals surface area contributed by atoms with Crippen molar-refractivity contribution in [3.63, 3.8) is 0 Å². The molecule has 4 nitrogen and oxygen atoms in total. The molecule has 1 aliphatic rings. The van der Waals surface area contributed by atoms with Crippen LogP contribution in [0.25, 0.3) is 0 Å². The number of para-hydroxylation sites is 1. The second-order valence-electron chi connectivity index (χ2n) is 6.84. The van der Waals surface area contributed by atoms with Crippen molar-refractivity contribution in [3.8, 4) is 0 Å². The van der Waals surface area contributed by atoms with Crippen LogP contribution in [0.2, 0.25) is 0 Å². The highest BCUT2D eigenvalue weighted by atomic mass is 19.1. The quantitative estimate of drug-likeness (QED) is 0.887. The number of hydrogen-bond donors (Lipinski definition) is 1. The number of benzene rings is 1. The number of nitrogens with one attached hydrogen (secondary N) is 1. The maximum atomic E-state index is 13.7. The molecular weight excluding hydrogens is 302 g/mol. The number of carbonyl (C=O) groups excluding carboxylic acids is 1. The number of ether oxygens (including phenoxy) is 1. The van der Waals surface area contributed by atoms with Crippen molar-refractivity contribution in [1.82, 2.24) is 4.90 Å². The Bertz CT molecular complexity index is 538. The van der Waals surface area contributed by atoms with Crippen molar-refractivity contribution in [1.29, 1.82) is 0 Å². The summed E-state index contributed by atoms with van der Waals surface area (Å²) < 4.78 is 32.8. The van der Waals surface area contributed by atoms with Gasteiger partial charge in [-0.25, -0.2) is 13.6 Å². The first-order chi connectivity index (χ1) is 10.8. The van der Waals surface area contributed by atoms with Crippen LogP contribution >= 0.6 is 0 Å². The monoisotopic (exact) mass is 326 g/mol. The Balaban J connectivity index is 1.95. The number of carbonyl (C=O) groups is 1. The lowest BCUT2D eigenvalue weighted by molar-refractivity contribution is 0.0256. The lowest BCUT2D eigenvalue weighted by atomic mass is 10.1. The van der Waals surface area contributed by atoms with E-state index >= 15 is 0 Å². The van der Waals surface area contributed by atoms with Crippen LogP contribution in [0.3, 0.4) is 0 Å². The van der Waals surface area contributed by atoms with Gasteiger partial charge in [-0.1, -0.05) is 6.07 Å². The van der Waals surface area contributed by atoms with E-state index in [1.807, 2.05) is 20.8 Å². The summed E-state index contributed by atoms with van der Waals surface area (Å²) in [4.78, 5) is 13.8. The number of halogens is 2. The van der Waals surface area contributed by atoms with Crippen molar-refractivity contribution < 1.29 is 18.3 Å². The third-order valence-corrected chi connectivity index (χ3v) is 3.69. The number of rotatable bonds is 2. The second-order valence-corrected chi connectivity index (χ2v) is 6.84. The fourth-order valence-electron chi connectivity index (χ4n) is 2.59. The molecule has 1 N–H and O–H groups in total. The summed E-state index contributed by atoms with van der Waals surface area (Å²) in [6.45, 7) is 6.58. The zero-order chi connectivity index (χ0) is 17.0. The molecule has 1 unspecified atom stereocenters. The molecule has 0 radical (unpaired) electrons. The van der Waals surface area contributed by atoms with Crippen LogP contribution < -0.4 is 5.32 Å². The van der Waals surface area contributed by atoms with E-state index in [1.165, 1.54) is 18.2 Å². The normalized spacial score (nSPS) is 19.2. The first-order valence-corrected chi connectivity index (χ1v) is 7.95.